The predicted octanol–water partition coefficient (Wildman–Crippen LogP) is 5.88. The number of methoxy groups -OCH3 is 2. The molecule has 1 saturated heterocycles. The third kappa shape index (κ3) is 6.18. The Labute approximate surface area is 247 Å². The Bertz CT molecular complexity index is 1470. The molecule has 1 fully saturated rings. The van der Waals surface area contributed by atoms with E-state index in [4.69, 9.17) is 14.5 Å². The molecule has 2 aromatic carbocycles. The van der Waals surface area contributed by atoms with E-state index in [2.05, 4.69) is 62.9 Å². The minimum atomic E-state index is 0.340. The number of benzene rings is 2. The van der Waals surface area contributed by atoms with Crippen molar-refractivity contribution in [3.63, 3.8) is 0 Å². The molecular weight excluding hydrogens is 592 g/mol. The smallest absolute Gasteiger partial charge is 0.224 e. The third-order valence-corrected chi connectivity index (χ3v) is 8.35. The molecule has 0 aliphatic carbocycles. The van der Waals surface area contributed by atoms with Crippen molar-refractivity contribution in [3.05, 3.63) is 59.0 Å². The van der Waals surface area contributed by atoms with Crippen molar-refractivity contribution in [2.24, 2.45) is 0 Å². The maximum atomic E-state index is 5.66. The molecule has 0 saturated carbocycles. The Kier molecular flexibility index (Phi) is 9.08. The Morgan fingerprint density at radius 1 is 1.10 bits per heavy atom. The van der Waals surface area contributed by atoms with Crippen LogP contribution in [0.25, 0.3) is 11.0 Å². The normalized spacial score (nSPS) is 13.9. The van der Waals surface area contributed by atoms with Gasteiger partial charge in [-0.25, -0.2) is 4.98 Å². The molecule has 10 nitrogen and oxygen atoms in total. The number of hydrogen-bond acceptors (Lipinski definition) is 11. The molecule has 0 spiro atoms. The van der Waals surface area contributed by atoms with E-state index in [0.717, 1.165) is 64.1 Å². The minimum Gasteiger partial charge on any atom is -0.496 e. The van der Waals surface area contributed by atoms with Crippen LogP contribution in [0, 0.1) is 0 Å². The van der Waals surface area contributed by atoms with Gasteiger partial charge in [-0.3, -0.25) is 9.97 Å². The van der Waals surface area contributed by atoms with Gasteiger partial charge >= 0.3 is 0 Å². The maximum absolute atomic E-state index is 5.66. The average Bonchev–Trinajstić information content (AvgIpc) is 3.00. The summed E-state index contributed by atoms with van der Waals surface area (Å²) < 4.78 is 14.0. The van der Waals surface area contributed by atoms with Crippen molar-refractivity contribution >= 4 is 67.7 Å². The Hall–Kier alpha value is -3.35. The zero-order chi connectivity index (χ0) is 28.1. The summed E-state index contributed by atoms with van der Waals surface area (Å²) >= 11 is 5.20. The molecule has 0 radical (unpaired) electrons. The van der Waals surface area contributed by atoms with Gasteiger partial charge in [0.2, 0.25) is 5.95 Å². The van der Waals surface area contributed by atoms with Crippen molar-refractivity contribution in [2.75, 3.05) is 60.5 Å². The molecule has 0 amide bonds. The standard InChI is InChI=1S/C28H33BrN8O2S/c1-36(40-4)26-23(7-6-22-25(26)31-12-11-30-22)34-27-21(29)17-33-28(35-27)32-16-18-15-19(5-8-24(18)39-3)37-13-9-20(38-2)10-14-37/h5-8,11-12,15,17,20H,9-10,13-14,16H2,1-4H3,(H2,32,33,34,35). The van der Waals surface area contributed by atoms with Crippen LogP contribution in [0.4, 0.5) is 28.8 Å². The molecule has 1 aliphatic rings. The molecule has 5 rings (SSSR count). The molecule has 210 valence electrons. The lowest BCUT2D eigenvalue weighted by Crippen LogP contribution is -2.36. The van der Waals surface area contributed by atoms with Crippen LogP contribution in [0.3, 0.4) is 0 Å². The lowest BCUT2D eigenvalue weighted by Gasteiger charge is -2.33. The zero-order valence-electron chi connectivity index (χ0n) is 23.0. The van der Waals surface area contributed by atoms with Crippen LogP contribution >= 0.6 is 27.9 Å². The number of aromatic nitrogens is 4. The molecule has 40 heavy (non-hydrogen) atoms. The van der Waals surface area contributed by atoms with Gasteiger partial charge in [0, 0.05) is 69.9 Å². The van der Waals surface area contributed by atoms with E-state index in [1.54, 1.807) is 44.8 Å². The highest BCUT2D eigenvalue weighted by atomic mass is 79.9. The summed E-state index contributed by atoms with van der Waals surface area (Å²) in [4.78, 5) is 20.7. The van der Waals surface area contributed by atoms with E-state index in [9.17, 15) is 0 Å². The largest absolute Gasteiger partial charge is 0.496 e. The van der Waals surface area contributed by atoms with Crippen molar-refractivity contribution in [3.8, 4) is 5.75 Å². The second-order valence-corrected chi connectivity index (χ2v) is 11.1. The Morgan fingerprint density at radius 3 is 2.65 bits per heavy atom. The average molecular weight is 626 g/mol. The number of nitrogens with zero attached hydrogens (tertiary/aromatic N) is 6. The van der Waals surface area contributed by atoms with E-state index in [1.807, 2.05) is 31.5 Å². The van der Waals surface area contributed by atoms with Gasteiger partial charge in [0.25, 0.3) is 0 Å². The molecule has 0 unspecified atom stereocenters. The van der Waals surface area contributed by atoms with Gasteiger partial charge in [-0.15, -0.1) is 0 Å². The fourth-order valence-corrected chi connectivity index (χ4v) is 5.48. The van der Waals surface area contributed by atoms with Crippen LogP contribution in [0.5, 0.6) is 5.75 Å². The first-order chi connectivity index (χ1) is 19.5. The van der Waals surface area contributed by atoms with Crippen LogP contribution in [0.1, 0.15) is 18.4 Å². The van der Waals surface area contributed by atoms with E-state index in [-0.39, 0.29) is 0 Å². The number of ether oxygens (including phenoxy) is 2. The third-order valence-electron chi connectivity index (χ3n) is 7.04. The lowest BCUT2D eigenvalue weighted by molar-refractivity contribution is 0.0819. The molecule has 0 atom stereocenters. The van der Waals surface area contributed by atoms with Gasteiger partial charge in [-0.05, 0) is 59.1 Å². The Morgan fingerprint density at radius 2 is 1.90 bits per heavy atom. The monoisotopic (exact) mass is 624 g/mol. The van der Waals surface area contributed by atoms with E-state index in [1.165, 1.54) is 5.69 Å². The van der Waals surface area contributed by atoms with Crippen molar-refractivity contribution in [2.45, 2.75) is 25.5 Å². The number of nitrogens with one attached hydrogen (secondary N) is 2. The van der Waals surface area contributed by atoms with Crippen LogP contribution < -0.4 is 24.6 Å². The number of anilines is 5. The second kappa shape index (κ2) is 12.9. The van der Waals surface area contributed by atoms with Gasteiger partial charge in [0.15, 0.2) is 0 Å². The number of fused-ring (bicyclic) bond motifs is 1. The summed E-state index contributed by atoms with van der Waals surface area (Å²) in [5.41, 5.74) is 5.64. The molecular formula is C28H33BrN8O2S. The van der Waals surface area contributed by atoms with Crippen LogP contribution in [-0.4, -0.2) is 66.7 Å². The first kappa shape index (κ1) is 28.2. The van der Waals surface area contributed by atoms with Crippen LogP contribution in [0.15, 0.2) is 53.4 Å². The highest BCUT2D eigenvalue weighted by Crippen LogP contribution is 2.37. The van der Waals surface area contributed by atoms with Gasteiger partial charge in [0.05, 0.1) is 34.6 Å². The SMILES string of the molecule is COc1ccc(N2CCC(OC)CC2)cc1CNc1ncc(Br)c(Nc2ccc3nccnc3c2N(C)SC)n1. The van der Waals surface area contributed by atoms with Gasteiger partial charge < -0.3 is 29.3 Å². The summed E-state index contributed by atoms with van der Waals surface area (Å²) in [5, 5.41) is 6.84. The van der Waals surface area contributed by atoms with Crippen LogP contribution in [0.2, 0.25) is 0 Å². The fraction of sp³-hybridized carbons (Fsp3) is 0.357. The highest BCUT2D eigenvalue weighted by molar-refractivity contribution is 9.10. The van der Waals surface area contributed by atoms with Gasteiger partial charge in [-0.2, -0.15) is 4.98 Å². The summed E-state index contributed by atoms with van der Waals surface area (Å²) in [5.74, 6) is 1.96. The molecule has 2 aromatic heterocycles. The topological polar surface area (TPSA) is 101 Å². The first-order valence-corrected chi connectivity index (χ1v) is 15.0. The van der Waals surface area contributed by atoms with E-state index in [0.29, 0.717) is 24.4 Å². The zero-order valence-corrected chi connectivity index (χ0v) is 25.4. The summed E-state index contributed by atoms with van der Waals surface area (Å²) in [7, 11) is 5.49. The van der Waals surface area contributed by atoms with E-state index >= 15 is 0 Å². The lowest BCUT2D eigenvalue weighted by atomic mass is 10.1. The van der Waals surface area contributed by atoms with E-state index < -0.39 is 0 Å². The Balaban J connectivity index is 1.36. The number of piperidine rings is 1. The second-order valence-electron chi connectivity index (χ2n) is 9.35. The molecule has 4 aromatic rings. The molecule has 1 aliphatic heterocycles. The van der Waals surface area contributed by atoms with Crippen molar-refractivity contribution < 1.29 is 9.47 Å². The molecule has 2 N–H and O–H groups in total. The van der Waals surface area contributed by atoms with Crippen molar-refractivity contribution in [1.29, 1.82) is 0 Å². The number of halogens is 1. The minimum absolute atomic E-state index is 0.340. The summed E-state index contributed by atoms with van der Waals surface area (Å²) in [6, 6.07) is 10.3. The first-order valence-electron chi connectivity index (χ1n) is 13.0. The number of hydrogen-bond donors (Lipinski definition) is 2. The summed E-state index contributed by atoms with van der Waals surface area (Å²) in [6.45, 7) is 2.45. The molecule has 0 bridgehead atoms. The van der Waals surface area contributed by atoms with Crippen LogP contribution in [-0.2, 0) is 11.3 Å². The predicted molar refractivity (Wildman–Crippen MR) is 167 cm³/mol. The van der Waals surface area contributed by atoms with Gasteiger partial charge in [-0.1, -0.05) is 11.9 Å². The molecule has 12 heteroatoms. The number of rotatable bonds is 10. The van der Waals surface area contributed by atoms with Crippen molar-refractivity contribution in [1.82, 2.24) is 19.9 Å². The van der Waals surface area contributed by atoms with Gasteiger partial charge in [0.1, 0.15) is 17.1 Å². The fourth-order valence-electron chi connectivity index (χ4n) is 4.82. The highest BCUT2D eigenvalue weighted by Gasteiger charge is 2.20. The quantitative estimate of drug-likeness (QED) is 0.207. The molecule has 3 heterocycles. The summed E-state index contributed by atoms with van der Waals surface area (Å²) in [6.07, 6.45) is 9.56. The maximum Gasteiger partial charge on any atom is 0.224 e.